The van der Waals surface area contributed by atoms with Crippen LogP contribution in [0.15, 0.2) is 41.3 Å². The van der Waals surface area contributed by atoms with Crippen LogP contribution >= 0.6 is 11.8 Å². The molecule has 0 aliphatic rings. The zero-order valence-electron chi connectivity index (χ0n) is 10.1. The van der Waals surface area contributed by atoms with Crippen LogP contribution in [-0.2, 0) is 0 Å². The summed E-state index contributed by atoms with van der Waals surface area (Å²) < 4.78 is 27.5. The lowest BCUT2D eigenvalue weighted by atomic mass is 9.79. The topological polar surface area (TPSA) is 40.5 Å². The third-order valence-electron chi connectivity index (χ3n) is 2.79. The van der Waals surface area contributed by atoms with E-state index in [9.17, 15) is 8.78 Å². The highest BCUT2D eigenvalue weighted by atomic mass is 32.2. The zero-order valence-corrected chi connectivity index (χ0v) is 10.9. The fraction of sp³-hybridized carbons (Fsp3) is 0.0769. The molecule has 0 heterocycles. The molecule has 0 atom stereocenters. The second kappa shape index (κ2) is 5.73. The molecule has 0 radical (unpaired) electrons. The Balaban J connectivity index is 2.48. The molecule has 2 N–H and O–H groups in total. The molecule has 2 rings (SSSR count). The van der Waals surface area contributed by atoms with Gasteiger partial charge in [-0.2, -0.15) is 0 Å². The van der Waals surface area contributed by atoms with E-state index in [1.54, 1.807) is 23.9 Å². The standard InChI is InChI=1S/C13H11BF2O2S/c1-19-9-4-2-8(3-5-9)10-6-7-11(14(17)18)13(16)12(10)15/h2-7,17-18H,1H3. The van der Waals surface area contributed by atoms with Crippen LogP contribution < -0.4 is 5.46 Å². The Morgan fingerprint density at radius 3 is 2.11 bits per heavy atom. The molecule has 2 nitrogen and oxygen atoms in total. The molecule has 0 fully saturated rings. The molecule has 0 unspecified atom stereocenters. The van der Waals surface area contributed by atoms with Gasteiger partial charge in [-0.05, 0) is 24.0 Å². The average molecular weight is 280 g/mol. The third kappa shape index (κ3) is 2.81. The van der Waals surface area contributed by atoms with E-state index in [4.69, 9.17) is 10.0 Å². The van der Waals surface area contributed by atoms with Crippen LogP contribution in [0, 0.1) is 11.6 Å². The zero-order chi connectivity index (χ0) is 14.0. The van der Waals surface area contributed by atoms with Crippen molar-refractivity contribution in [2.24, 2.45) is 0 Å². The largest absolute Gasteiger partial charge is 0.491 e. The summed E-state index contributed by atoms with van der Waals surface area (Å²) in [5, 5.41) is 17.8. The molecule has 0 aliphatic heterocycles. The molecule has 0 aliphatic carbocycles. The maximum absolute atomic E-state index is 13.9. The van der Waals surface area contributed by atoms with Gasteiger partial charge in [0.2, 0.25) is 0 Å². The second-order valence-corrected chi connectivity index (χ2v) is 4.81. The number of rotatable bonds is 3. The van der Waals surface area contributed by atoms with Gasteiger partial charge in [-0.25, -0.2) is 8.78 Å². The summed E-state index contributed by atoms with van der Waals surface area (Å²) in [6.07, 6.45) is 1.92. The number of halogens is 2. The van der Waals surface area contributed by atoms with Gasteiger partial charge in [0.25, 0.3) is 0 Å². The number of hydrogen-bond acceptors (Lipinski definition) is 3. The summed E-state index contributed by atoms with van der Waals surface area (Å²) in [5.41, 5.74) is 0.157. The van der Waals surface area contributed by atoms with Gasteiger partial charge < -0.3 is 10.0 Å². The SMILES string of the molecule is CSc1ccc(-c2ccc(B(O)O)c(F)c2F)cc1. The van der Waals surface area contributed by atoms with Crippen molar-refractivity contribution in [3.8, 4) is 11.1 Å². The highest BCUT2D eigenvalue weighted by Gasteiger charge is 2.22. The lowest BCUT2D eigenvalue weighted by molar-refractivity contribution is 0.420. The molecule has 98 valence electrons. The summed E-state index contributed by atoms with van der Waals surface area (Å²) in [6.45, 7) is 0. The van der Waals surface area contributed by atoms with Crippen LogP contribution in [0.3, 0.4) is 0 Å². The highest BCUT2D eigenvalue weighted by Crippen LogP contribution is 2.26. The van der Waals surface area contributed by atoms with Crippen molar-refractivity contribution in [2.75, 3.05) is 6.26 Å². The molecule has 0 spiro atoms. The smallest absolute Gasteiger partial charge is 0.423 e. The van der Waals surface area contributed by atoms with Gasteiger partial charge in [-0.15, -0.1) is 11.8 Å². The first kappa shape index (κ1) is 14.1. The lowest BCUT2D eigenvalue weighted by Crippen LogP contribution is -2.33. The Hall–Kier alpha value is -1.37. The fourth-order valence-electron chi connectivity index (χ4n) is 1.76. The first-order valence-electron chi connectivity index (χ1n) is 5.53. The molecule has 2 aromatic carbocycles. The summed E-state index contributed by atoms with van der Waals surface area (Å²) in [5.74, 6) is -2.32. The van der Waals surface area contributed by atoms with E-state index in [1.807, 2.05) is 18.4 Å². The minimum atomic E-state index is -2.03. The van der Waals surface area contributed by atoms with E-state index in [0.717, 1.165) is 4.90 Å². The molecular formula is C13H11BF2O2S. The first-order valence-corrected chi connectivity index (χ1v) is 6.75. The van der Waals surface area contributed by atoms with Crippen molar-refractivity contribution in [3.05, 3.63) is 48.0 Å². The van der Waals surface area contributed by atoms with Gasteiger partial charge >= 0.3 is 7.12 Å². The van der Waals surface area contributed by atoms with Crippen LogP contribution in [0.4, 0.5) is 8.78 Å². The Morgan fingerprint density at radius 1 is 0.947 bits per heavy atom. The van der Waals surface area contributed by atoms with E-state index >= 15 is 0 Å². The van der Waals surface area contributed by atoms with Gasteiger partial charge in [0.05, 0.1) is 0 Å². The predicted octanol–water partition coefficient (Wildman–Crippen LogP) is 2.03. The number of thioether (sulfide) groups is 1. The monoisotopic (exact) mass is 280 g/mol. The van der Waals surface area contributed by atoms with E-state index in [-0.39, 0.29) is 5.56 Å². The molecule has 0 saturated carbocycles. The van der Waals surface area contributed by atoms with Gasteiger partial charge in [0, 0.05) is 15.9 Å². The van der Waals surface area contributed by atoms with Crippen molar-refractivity contribution in [1.29, 1.82) is 0 Å². The summed E-state index contributed by atoms with van der Waals surface area (Å²) >= 11 is 1.55. The molecule has 0 bridgehead atoms. The van der Waals surface area contributed by atoms with Crippen molar-refractivity contribution in [2.45, 2.75) is 4.90 Å². The molecule has 6 heteroatoms. The molecule has 0 amide bonds. The summed E-state index contributed by atoms with van der Waals surface area (Å²) in [4.78, 5) is 1.02. The van der Waals surface area contributed by atoms with Crippen molar-refractivity contribution in [1.82, 2.24) is 0 Å². The molecule has 0 saturated heterocycles. The average Bonchev–Trinajstić information content (AvgIpc) is 2.41. The second-order valence-electron chi connectivity index (χ2n) is 3.93. The Kier molecular flexibility index (Phi) is 4.24. The van der Waals surface area contributed by atoms with Crippen molar-refractivity contribution < 1.29 is 18.8 Å². The van der Waals surface area contributed by atoms with Crippen molar-refractivity contribution in [3.63, 3.8) is 0 Å². The van der Waals surface area contributed by atoms with E-state index < -0.39 is 24.2 Å². The van der Waals surface area contributed by atoms with Crippen LogP contribution in [-0.4, -0.2) is 23.4 Å². The Bertz CT molecular complexity index is 588. The van der Waals surface area contributed by atoms with E-state index in [2.05, 4.69) is 0 Å². The highest BCUT2D eigenvalue weighted by molar-refractivity contribution is 7.98. The number of hydrogen-bond donors (Lipinski definition) is 2. The summed E-state index contributed by atoms with van der Waals surface area (Å²) in [7, 11) is -2.03. The number of benzene rings is 2. The Morgan fingerprint density at radius 2 is 1.58 bits per heavy atom. The van der Waals surface area contributed by atoms with Gasteiger partial charge in [0.1, 0.15) is 0 Å². The van der Waals surface area contributed by atoms with Crippen LogP contribution in [0.2, 0.25) is 0 Å². The quantitative estimate of drug-likeness (QED) is 0.667. The van der Waals surface area contributed by atoms with Crippen molar-refractivity contribution >= 4 is 24.3 Å². The van der Waals surface area contributed by atoms with Crippen LogP contribution in [0.1, 0.15) is 0 Å². The lowest BCUT2D eigenvalue weighted by Gasteiger charge is -2.08. The maximum atomic E-state index is 13.9. The fourth-order valence-corrected chi connectivity index (χ4v) is 2.17. The first-order chi connectivity index (χ1) is 9.04. The minimum Gasteiger partial charge on any atom is -0.423 e. The Labute approximate surface area is 114 Å². The van der Waals surface area contributed by atoms with Gasteiger partial charge in [-0.1, -0.05) is 24.3 Å². The van der Waals surface area contributed by atoms with Crippen LogP contribution in [0.5, 0.6) is 0 Å². The molecule has 0 aromatic heterocycles. The molecular weight excluding hydrogens is 269 g/mol. The van der Waals surface area contributed by atoms with E-state index in [1.165, 1.54) is 12.1 Å². The minimum absolute atomic E-state index is 0.0922. The molecule has 2 aromatic rings. The van der Waals surface area contributed by atoms with Crippen LogP contribution in [0.25, 0.3) is 11.1 Å². The van der Waals surface area contributed by atoms with Gasteiger partial charge in [0.15, 0.2) is 11.6 Å². The normalized spacial score (nSPS) is 10.6. The third-order valence-corrected chi connectivity index (χ3v) is 3.53. The van der Waals surface area contributed by atoms with E-state index in [0.29, 0.717) is 5.56 Å². The predicted molar refractivity (Wildman–Crippen MR) is 73.4 cm³/mol. The summed E-state index contributed by atoms with van der Waals surface area (Å²) in [6, 6.07) is 9.51. The molecule has 19 heavy (non-hydrogen) atoms. The maximum Gasteiger partial charge on any atom is 0.491 e. The van der Waals surface area contributed by atoms with Gasteiger partial charge in [-0.3, -0.25) is 0 Å².